The van der Waals surface area contributed by atoms with Crippen molar-refractivity contribution in [1.29, 1.82) is 0 Å². The van der Waals surface area contributed by atoms with Crippen LogP contribution in [0.25, 0.3) is 28.2 Å². The first-order valence-electron chi connectivity index (χ1n) is 9.06. The number of anilines is 1. The highest BCUT2D eigenvalue weighted by Gasteiger charge is 2.20. The van der Waals surface area contributed by atoms with Gasteiger partial charge in [0.2, 0.25) is 0 Å². The van der Waals surface area contributed by atoms with Crippen LogP contribution in [0.5, 0.6) is 0 Å². The Morgan fingerprint density at radius 2 is 1.74 bits per heavy atom. The van der Waals surface area contributed by atoms with Crippen molar-refractivity contribution in [1.82, 2.24) is 24.5 Å². The van der Waals surface area contributed by atoms with Gasteiger partial charge >= 0.3 is 0 Å². The molecule has 1 aliphatic heterocycles. The third-order valence-corrected chi connectivity index (χ3v) is 5.72. The molecule has 0 saturated carbocycles. The molecule has 27 heavy (non-hydrogen) atoms. The number of hydrogen-bond acceptors (Lipinski definition) is 6. The van der Waals surface area contributed by atoms with Crippen LogP contribution in [0, 0.1) is 0 Å². The van der Waals surface area contributed by atoms with Crippen molar-refractivity contribution >= 4 is 22.8 Å². The number of likely N-dealkylation sites (N-methyl/N-ethyl adjacent to an activating group) is 1. The van der Waals surface area contributed by atoms with Crippen LogP contribution >= 0.6 is 11.3 Å². The molecule has 0 spiro atoms. The molecule has 0 bridgehead atoms. The minimum atomic E-state index is 0.862. The van der Waals surface area contributed by atoms with Crippen LogP contribution in [0.1, 0.15) is 0 Å². The summed E-state index contributed by atoms with van der Waals surface area (Å²) in [6.07, 6.45) is 3.63. The molecule has 1 aliphatic rings. The zero-order chi connectivity index (χ0) is 18.2. The van der Waals surface area contributed by atoms with E-state index in [1.54, 1.807) is 11.3 Å². The summed E-state index contributed by atoms with van der Waals surface area (Å²) in [4.78, 5) is 13.8. The Hall–Kier alpha value is -2.77. The normalized spacial score (nSPS) is 15.5. The Labute approximate surface area is 161 Å². The Balaban J connectivity index is 1.67. The predicted octanol–water partition coefficient (Wildman–Crippen LogP) is 3.27. The quantitative estimate of drug-likeness (QED) is 0.549. The first-order chi connectivity index (χ1) is 13.3. The van der Waals surface area contributed by atoms with Gasteiger partial charge in [-0.25, -0.2) is 9.50 Å². The largest absolute Gasteiger partial charge is 0.353 e. The second-order valence-electron chi connectivity index (χ2n) is 6.81. The highest BCUT2D eigenvalue weighted by atomic mass is 32.1. The van der Waals surface area contributed by atoms with Gasteiger partial charge in [-0.15, -0.1) is 5.10 Å². The second-order valence-corrected chi connectivity index (χ2v) is 7.59. The molecule has 0 radical (unpaired) electrons. The molecule has 6 nitrogen and oxygen atoms in total. The van der Waals surface area contributed by atoms with Gasteiger partial charge in [-0.3, -0.25) is 4.98 Å². The maximum absolute atomic E-state index is 4.98. The van der Waals surface area contributed by atoms with Crippen LogP contribution < -0.4 is 4.90 Å². The van der Waals surface area contributed by atoms with Crippen molar-refractivity contribution in [3.8, 4) is 22.5 Å². The minimum Gasteiger partial charge on any atom is -0.353 e. The molecule has 5 rings (SSSR count). The van der Waals surface area contributed by atoms with Gasteiger partial charge in [-0.2, -0.15) is 11.3 Å². The van der Waals surface area contributed by atoms with E-state index in [1.807, 2.05) is 29.0 Å². The number of aromatic nitrogens is 4. The fraction of sp³-hybridized carbons (Fsp3) is 0.250. The first kappa shape index (κ1) is 16.4. The minimum absolute atomic E-state index is 0.862. The number of fused-ring (bicyclic) bond motifs is 1. The van der Waals surface area contributed by atoms with Gasteiger partial charge in [0.1, 0.15) is 11.5 Å². The van der Waals surface area contributed by atoms with Crippen molar-refractivity contribution in [3.63, 3.8) is 0 Å². The van der Waals surface area contributed by atoms with Gasteiger partial charge in [0.15, 0.2) is 5.65 Å². The molecule has 1 fully saturated rings. The predicted molar refractivity (Wildman–Crippen MR) is 109 cm³/mol. The lowest BCUT2D eigenvalue weighted by molar-refractivity contribution is 0.311. The molecule has 4 aromatic heterocycles. The highest BCUT2D eigenvalue weighted by molar-refractivity contribution is 7.08. The van der Waals surface area contributed by atoms with Gasteiger partial charge in [-0.1, -0.05) is 0 Å². The Morgan fingerprint density at radius 3 is 2.48 bits per heavy atom. The maximum atomic E-state index is 4.98. The lowest BCUT2D eigenvalue weighted by Crippen LogP contribution is -2.44. The number of piperazine rings is 1. The molecule has 136 valence electrons. The number of thiophene rings is 1. The monoisotopic (exact) mass is 376 g/mol. The van der Waals surface area contributed by atoms with E-state index in [-0.39, 0.29) is 0 Å². The molecule has 5 heterocycles. The molecule has 0 amide bonds. The zero-order valence-corrected chi connectivity index (χ0v) is 15.9. The van der Waals surface area contributed by atoms with E-state index in [4.69, 9.17) is 10.1 Å². The number of rotatable bonds is 3. The number of imidazole rings is 1. The van der Waals surface area contributed by atoms with E-state index in [2.05, 4.69) is 50.8 Å². The molecule has 0 aliphatic carbocycles. The number of hydrogen-bond donors (Lipinski definition) is 0. The molecule has 1 saturated heterocycles. The maximum Gasteiger partial charge on any atom is 0.155 e. The summed E-state index contributed by atoms with van der Waals surface area (Å²) in [5.74, 6) is 1.00. The number of pyridine rings is 1. The lowest BCUT2D eigenvalue weighted by atomic mass is 10.1. The summed E-state index contributed by atoms with van der Waals surface area (Å²) in [7, 11) is 2.17. The highest BCUT2D eigenvalue weighted by Crippen LogP contribution is 2.33. The summed E-state index contributed by atoms with van der Waals surface area (Å²) in [6, 6.07) is 10.3. The zero-order valence-electron chi connectivity index (χ0n) is 15.1. The third kappa shape index (κ3) is 2.98. The molecule has 7 heteroatoms. The van der Waals surface area contributed by atoms with Crippen LogP contribution in [0.4, 0.5) is 5.82 Å². The van der Waals surface area contributed by atoms with E-state index in [0.717, 1.165) is 60.2 Å². The van der Waals surface area contributed by atoms with E-state index < -0.39 is 0 Å². The third-order valence-electron chi connectivity index (χ3n) is 5.04. The molecule has 4 aromatic rings. The SMILES string of the molecule is CN1CCN(c2ccc3nc(-c4ccsc4)c(-c4ccncc4)n3n2)CC1. The van der Waals surface area contributed by atoms with Gasteiger partial charge in [0.25, 0.3) is 0 Å². The van der Waals surface area contributed by atoms with Gasteiger partial charge in [0, 0.05) is 55.1 Å². The summed E-state index contributed by atoms with van der Waals surface area (Å²) >= 11 is 1.68. The summed E-state index contributed by atoms with van der Waals surface area (Å²) in [6.45, 7) is 4.10. The second kappa shape index (κ2) is 6.75. The van der Waals surface area contributed by atoms with Crippen molar-refractivity contribution in [3.05, 3.63) is 53.5 Å². The molecule has 0 aromatic carbocycles. The van der Waals surface area contributed by atoms with Crippen LogP contribution in [0.15, 0.2) is 53.5 Å². The van der Waals surface area contributed by atoms with Gasteiger partial charge in [0.05, 0.1) is 5.69 Å². The van der Waals surface area contributed by atoms with Crippen molar-refractivity contribution < 1.29 is 0 Å². The summed E-state index contributed by atoms with van der Waals surface area (Å²) < 4.78 is 1.98. The van der Waals surface area contributed by atoms with E-state index in [9.17, 15) is 0 Å². The van der Waals surface area contributed by atoms with E-state index in [1.165, 1.54) is 0 Å². The van der Waals surface area contributed by atoms with Gasteiger partial charge < -0.3 is 9.80 Å². The molecular weight excluding hydrogens is 356 g/mol. The van der Waals surface area contributed by atoms with Crippen LogP contribution in [0.3, 0.4) is 0 Å². The van der Waals surface area contributed by atoms with E-state index >= 15 is 0 Å². The Morgan fingerprint density at radius 1 is 0.926 bits per heavy atom. The standard InChI is InChI=1S/C20H20N6S/c1-24-9-11-25(12-10-24)18-3-2-17-22-19(16-6-13-27-14-16)20(26(17)23-18)15-4-7-21-8-5-15/h2-8,13-14H,9-12H2,1H3. The smallest absolute Gasteiger partial charge is 0.155 e. The summed E-state index contributed by atoms with van der Waals surface area (Å²) in [5, 5.41) is 9.19. The lowest BCUT2D eigenvalue weighted by Gasteiger charge is -2.33. The Kier molecular flexibility index (Phi) is 4.10. The molecule has 0 unspecified atom stereocenters. The topological polar surface area (TPSA) is 49.6 Å². The van der Waals surface area contributed by atoms with Crippen LogP contribution in [0.2, 0.25) is 0 Å². The van der Waals surface area contributed by atoms with Gasteiger partial charge in [-0.05, 0) is 42.8 Å². The van der Waals surface area contributed by atoms with Crippen LogP contribution in [-0.4, -0.2) is 57.7 Å². The van der Waals surface area contributed by atoms with Crippen LogP contribution in [-0.2, 0) is 0 Å². The molecule has 0 N–H and O–H groups in total. The van der Waals surface area contributed by atoms with Crippen molar-refractivity contribution in [2.45, 2.75) is 0 Å². The first-order valence-corrected chi connectivity index (χ1v) is 10.00. The van der Waals surface area contributed by atoms with Crippen molar-refractivity contribution in [2.75, 3.05) is 38.1 Å². The molecule has 0 atom stereocenters. The van der Waals surface area contributed by atoms with E-state index in [0.29, 0.717) is 0 Å². The Bertz CT molecular complexity index is 1050. The average Bonchev–Trinajstić information content (AvgIpc) is 3.36. The summed E-state index contributed by atoms with van der Waals surface area (Å²) in [5.41, 5.74) is 5.04. The fourth-order valence-corrected chi connectivity index (χ4v) is 4.14. The fourth-order valence-electron chi connectivity index (χ4n) is 3.50. The van der Waals surface area contributed by atoms with Crippen molar-refractivity contribution in [2.24, 2.45) is 0 Å². The molecular formula is C20H20N6S. The average molecular weight is 376 g/mol. The number of nitrogens with zero attached hydrogens (tertiary/aromatic N) is 6.